The molecule has 0 atom stereocenters. The zero-order valence-corrected chi connectivity index (χ0v) is 11.0. The van der Waals surface area contributed by atoms with Crippen molar-refractivity contribution >= 4 is 38.7 Å². The maximum absolute atomic E-state index is 5.88. The monoisotopic (exact) mass is 307 g/mol. The van der Waals surface area contributed by atoms with E-state index < -0.39 is 0 Å². The summed E-state index contributed by atoms with van der Waals surface area (Å²) in [5.74, 6) is 0.794. The summed E-state index contributed by atoms with van der Waals surface area (Å²) in [7, 11) is 0. The third kappa shape index (κ3) is 2.06. The molecular weight excluding hydrogens is 302 g/mol. The number of pyridine rings is 1. The Bertz CT molecular complexity index is 676. The van der Waals surface area contributed by atoms with E-state index in [9.17, 15) is 0 Å². The van der Waals surface area contributed by atoms with Gasteiger partial charge in [-0.2, -0.15) is 0 Å². The van der Waals surface area contributed by atoms with E-state index in [1.807, 2.05) is 30.3 Å². The highest BCUT2D eigenvalue weighted by molar-refractivity contribution is 9.10. The quantitative estimate of drug-likeness (QED) is 0.737. The predicted octanol–water partition coefficient (Wildman–Crippen LogP) is 4.04. The highest BCUT2D eigenvalue weighted by Gasteiger charge is 2.06. The molecule has 1 aromatic carbocycles. The first-order valence-corrected chi connectivity index (χ1v) is 6.17. The second kappa shape index (κ2) is 4.13. The summed E-state index contributed by atoms with van der Waals surface area (Å²) in [5.41, 5.74) is 2.53. The minimum atomic E-state index is 0.600. The maximum Gasteiger partial charge on any atom is 0.178 e. The molecule has 0 amide bonds. The standard InChI is InChI=1S/C12H7BrClN3/c13-8-3-1-7(2-4-8)11-16-10-5-9(14)6-15-12(10)17-11/h1-6H,(H,15,16,17). The largest absolute Gasteiger partial charge is 0.337 e. The molecule has 0 saturated heterocycles. The zero-order valence-electron chi connectivity index (χ0n) is 8.61. The van der Waals surface area contributed by atoms with Crippen LogP contribution in [0.4, 0.5) is 0 Å². The lowest BCUT2D eigenvalue weighted by molar-refractivity contribution is 1.30. The average Bonchev–Trinajstić information content (AvgIpc) is 2.72. The zero-order chi connectivity index (χ0) is 11.8. The Morgan fingerprint density at radius 2 is 1.94 bits per heavy atom. The number of aromatic nitrogens is 3. The molecule has 0 aliphatic carbocycles. The van der Waals surface area contributed by atoms with Gasteiger partial charge in [-0.15, -0.1) is 0 Å². The normalized spacial score (nSPS) is 10.9. The lowest BCUT2D eigenvalue weighted by Crippen LogP contribution is -1.79. The molecule has 1 N–H and O–H groups in total. The minimum absolute atomic E-state index is 0.600. The van der Waals surface area contributed by atoms with Crippen molar-refractivity contribution in [3.63, 3.8) is 0 Å². The SMILES string of the molecule is Clc1cnc2nc(-c3ccc(Br)cc3)[nH]c2c1. The van der Waals surface area contributed by atoms with Crippen molar-refractivity contribution in [1.29, 1.82) is 0 Å². The van der Waals surface area contributed by atoms with E-state index in [2.05, 4.69) is 30.9 Å². The summed E-state index contributed by atoms with van der Waals surface area (Å²) in [4.78, 5) is 11.8. The number of nitrogens with one attached hydrogen (secondary N) is 1. The predicted molar refractivity (Wildman–Crippen MR) is 72.0 cm³/mol. The van der Waals surface area contributed by atoms with Crippen LogP contribution in [0.2, 0.25) is 5.02 Å². The fraction of sp³-hybridized carbons (Fsp3) is 0. The van der Waals surface area contributed by atoms with Crippen LogP contribution in [0.1, 0.15) is 0 Å². The number of hydrogen-bond donors (Lipinski definition) is 1. The van der Waals surface area contributed by atoms with E-state index in [0.29, 0.717) is 10.7 Å². The Balaban J connectivity index is 2.14. The van der Waals surface area contributed by atoms with Crippen molar-refractivity contribution in [3.8, 4) is 11.4 Å². The number of nitrogens with zero attached hydrogens (tertiary/aromatic N) is 2. The van der Waals surface area contributed by atoms with Crippen molar-refractivity contribution in [3.05, 3.63) is 46.0 Å². The van der Waals surface area contributed by atoms with Crippen LogP contribution in [0.5, 0.6) is 0 Å². The van der Waals surface area contributed by atoms with Gasteiger partial charge in [0, 0.05) is 16.2 Å². The van der Waals surface area contributed by atoms with Crippen LogP contribution in [0, 0.1) is 0 Å². The molecule has 2 heterocycles. The molecule has 17 heavy (non-hydrogen) atoms. The molecule has 5 heteroatoms. The first-order valence-electron chi connectivity index (χ1n) is 4.99. The molecule has 0 radical (unpaired) electrons. The van der Waals surface area contributed by atoms with Crippen molar-refractivity contribution in [2.45, 2.75) is 0 Å². The molecule has 0 unspecified atom stereocenters. The van der Waals surface area contributed by atoms with Crippen molar-refractivity contribution < 1.29 is 0 Å². The molecule has 0 fully saturated rings. The third-order valence-electron chi connectivity index (χ3n) is 2.42. The summed E-state index contributed by atoms with van der Waals surface area (Å²) >= 11 is 9.28. The van der Waals surface area contributed by atoms with Crippen LogP contribution < -0.4 is 0 Å². The number of halogens is 2. The summed E-state index contributed by atoms with van der Waals surface area (Å²) in [6.45, 7) is 0. The lowest BCUT2D eigenvalue weighted by Gasteiger charge is -1.95. The van der Waals surface area contributed by atoms with E-state index >= 15 is 0 Å². The first kappa shape index (κ1) is 10.7. The van der Waals surface area contributed by atoms with Gasteiger partial charge in [-0.05, 0) is 18.2 Å². The molecule has 3 rings (SSSR count). The molecule has 0 aliphatic rings. The highest BCUT2D eigenvalue weighted by Crippen LogP contribution is 2.22. The Labute approximate surface area is 111 Å². The number of benzene rings is 1. The van der Waals surface area contributed by atoms with E-state index in [1.165, 1.54) is 0 Å². The molecule has 0 spiro atoms. The first-order chi connectivity index (χ1) is 8.22. The topological polar surface area (TPSA) is 41.6 Å². The Hall–Kier alpha value is -1.39. The van der Waals surface area contributed by atoms with Gasteiger partial charge < -0.3 is 4.98 Å². The summed E-state index contributed by atoms with van der Waals surface area (Å²) in [5, 5.41) is 0.600. The number of aromatic amines is 1. The molecular formula is C12H7BrClN3. The second-order valence-corrected chi connectivity index (χ2v) is 4.97. The van der Waals surface area contributed by atoms with Crippen molar-refractivity contribution in [2.24, 2.45) is 0 Å². The average molecular weight is 309 g/mol. The van der Waals surface area contributed by atoms with Crippen LogP contribution in [-0.4, -0.2) is 15.0 Å². The van der Waals surface area contributed by atoms with Crippen molar-refractivity contribution in [1.82, 2.24) is 15.0 Å². The molecule has 0 bridgehead atoms. The van der Waals surface area contributed by atoms with Crippen LogP contribution >= 0.6 is 27.5 Å². The van der Waals surface area contributed by atoms with E-state index in [0.717, 1.165) is 21.4 Å². The van der Waals surface area contributed by atoms with E-state index in [-0.39, 0.29) is 0 Å². The number of fused-ring (bicyclic) bond motifs is 1. The van der Waals surface area contributed by atoms with Gasteiger partial charge in [-0.1, -0.05) is 39.7 Å². The van der Waals surface area contributed by atoms with E-state index in [1.54, 1.807) is 6.20 Å². The lowest BCUT2D eigenvalue weighted by atomic mass is 10.2. The molecule has 0 saturated carbocycles. The van der Waals surface area contributed by atoms with Gasteiger partial charge in [0.25, 0.3) is 0 Å². The highest BCUT2D eigenvalue weighted by atomic mass is 79.9. The molecule has 84 valence electrons. The van der Waals surface area contributed by atoms with Gasteiger partial charge >= 0.3 is 0 Å². The van der Waals surface area contributed by atoms with Gasteiger partial charge in [0.1, 0.15) is 5.82 Å². The second-order valence-electron chi connectivity index (χ2n) is 3.62. The smallest absolute Gasteiger partial charge is 0.178 e. The number of imidazole rings is 1. The molecule has 0 aliphatic heterocycles. The Morgan fingerprint density at radius 1 is 1.18 bits per heavy atom. The summed E-state index contributed by atoms with van der Waals surface area (Å²) in [6.07, 6.45) is 1.59. The summed E-state index contributed by atoms with van der Waals surface area (Å²) < 4.78 is 1.04. The minimum Gasteiger partial charge on any atom is -0.337 e. The Kier molecular flexibility index (Phi) is 2.61. The van der Waals surface area contributed by atoms with Crippen LogP contribution in [0.15, 0.2) is 41.0 Å². The van der Waals surface area contributed by atoms with Gasteiger partial charge in [-0.3, -0.25) is 0 Å². The molecule has 3 nitrogen and oxygen atoms in total. The molecule has 2 aromatic heterocycles. The van der Waals surface area contributed by atoms with Gasteiger partial charge in [0.15, 0.2) is 5.65 Å². The third-order valence-corrected chi connectivity index (χ3v) is 3.16. The van der Waals surface area contributed by atoms with Crippen LogP contribution in [0.25, 0.3) is 22.6 Å². The number of H-pyrrole nitrogens is 1. The fourth-order valence-electron chi connectivity index (χ4n) is 1.62. The van der Waals surface area contributed by atoms with Gasteiger partial charge in [0.05, 0.1) is 10.5 Å². The number of rotatable bonds is 1. The van der Waals surface area contributed by atoms with Gasteiger partial charge in [-0.25, -0.2) is 9.97 Å². The fourth-order valence-corrected chi connectivity index (χ4v) is 2.04. The van der Waals surface area contributed by atoms with Crippen LogP contribution in [0.3, 0.4) is 0 Å². The van der Waals surface area contributed by atoms with E-state index in [4.69, 9.17) is 11.6 Å². The molecule has 3 aromatic rings. The van der Waals surface area contributed by atoms with Crippen molar-refractivity contribution in [2.75, 3.05) is 0 Å². The Morgan fingerprint density at radius 3 is 2.71 bits per heavy atom. The van der Waals surface area contributed by atoms with Crippen LogP contribution in [-0.2, 0) is 0 Å². The number of hydrogen-bond acceptors (Lipinski definition) is 2. The van der Waals surface area contributed by atoms with Gasteiger partial charge in [0.2, 0.25) is 0 Å². The maximum atomic E-state index is 5.88. The summed E-state index contributed by atoms with van der Waals surface area (Å²) in [6, 6.07) is 9.75.